The Kier molecular flexibility index (Phi) is 4.09. The molecule has 0 heterocycles. The van der Waals surface area contributed by atoms with Crippen LogP contribution in [-0.2, 0) is 22.4 Å². The molecular weight excluding hydrogens is 306 g/mol. The Morgan fingerprint density at radius 1 is 1.17 bits per heavy atom. The Morgan fingerprint density at radius 2 is 1.83 bits per heavy atom. The van der Waals surface area contributed by atoms with E-state index in [0.29, 0.717) is 18.4 Å². The van der Waals surface area contributed by atoms with Gasteiger partial charge in [-0.1, -0.05) is 18.2 Å². The van der Waals surface area contributed by atoms with Gasteiger partial charge in [0.15, 0.2) is 0 Å². The number of rotatable bonds is 3. The summed E-state index contributed by atoms with van der Waals surface area (Å²) in [7, 11) is 0. The Morgan fingerprint density at radius 3 is 2.50 bits per heavy atom. The molecule has 0 saturated carbocycles. The summed E-state index contributed by atoms with van der Waals surface area (Å²) in [5, 5.41) is 11.3. The third kappa shape index (κ3) is 2.77. The fourth-order valence-electron chi connectivity index (χ4n) is 3.59. The maximum absolute atomic E-state index is 11.3. The van der Waals surface area contributed by atoms with Gasteiger partial charge in [-0.05, 0) is 47.7 Å². The molecule has 5 nitrogen and oxygen atoms in total. The van der Waals surface area contributed by atoms with Crippen LogP contribution in [0.5, 0.6) is 0 Å². The van der Waals surface area contributed by atoms with Crippen LogP contribution in [0.2, 0.25) is 0 Å². The summed E-state index contributed by atoms with van der Waals surface area (Å²) in [5.74, 6) is -0.276. The van der Waals surface area contributed by atoms with Gasteiger partial charge in [-0.3, -0.25) is 14.9 Å². The predicted octanol–water partition coefficient (Wildman–Crippen LogP) is 3.91. The quantitative estimate of drug-likeness (QED) is 0.487. The number of esters is 1. The molecule has 5 heteroatoms. The van der Waals surface area contributed by atoms with Crippen molar-refractivity contribution < 1.29 is 14.5 Å². The van der Waals surface area contributed by atoms with Gasteiger partial charge in [-0.15, -0.1) is 0 Å². The molecule has 124 valence electrons. The SMILES string of the molecule is CC(=O)OC1Cc2c(C)cc(-c3ccccc3[N+](=O)[O-])c(C)c2C1. The molecule has 2 aromatic rings. The number of benzene rings is 2. The summed E-state index contributed by atoms with van der Waals surface area (Å²) in [6, 6.07) is 8.80. The van der Waals surface area contributed by atoms with Crippen molar-refractivity contribution in [2.45, 2.75) is 39.7 Å². The van der Waals surface area contributed by atoms with Crippen molar-refractivity contribution in [3.8, 4) is 11.1 Å². The van der Waals surface area contributed by atoms with Gasteiger partial charge in [0.2, 0.25) is 0 Å². The minimum Gasteiger partial charge on any atom is -0.462 e. The van der Waals surface area contributed by atoms with Crippen molar-refractivity contribution in [3.05, 3.63) is 62.7 Å². The van der Waals surface area contributed by atoms with Gasteiger partial charge in [0.25, 0.3) is 5.69 Å². The van der Waals surface area contributed by atoms with Crippen LogP contribution >= 0.6 is 0 Å². The normalized spacial score (nSPS) is 15.9. The van der Waals surface area contributed by atoms with Gasteiger partial charge in [0.05, 0.1) is 10.5 Å². The van der Waals surface area contributed by atoms with Crippen LogP contribution in [0.3, 0.4) is 0 Å². The van der Waals surface area contributed by atoms with E-state index in [-0.39, 0.29) is 22.7 Å². The van der Waals surface area contributed by atoms with E-state index in [0.717, 1.165) is 22.3 Å². The van der Waals surface area contributed by atoms with Crippen LogP contribution in [0.25, 0.3) is 11.1 Å². The molecule has 1 unspecified atom stereocenters. The monoisotopic (exact) mass is 325 g/mol. The summed E-state index contributed by atoms with van der Waals surface area (Å²) in [6.45, 7) is 5.41. The van der Waals surface area contributed by atoms with Gasteiger partial charge in [-0.2, -0.15) is 0 Å². The number of nitro groups is 1. The van der Waals surface area contributed by atoms with Crippen molar-refractivity contribution >= 4 is 11.7 Å². The molecule has 0 aromatic heterocycles. The first-order valence-corrected chi connectivity index (χ1v) is 7.91. The Bertz CT molecular complexity index is 842. The van der Waals surface area contributed by atoms with Gasteiger partial charge in [0, 0.05) is 25.8 Å². The Balaban J connectivity index is 2.10. The number of ether oxygens (including phenoxy) is 1. The molecule has 0 amide bonds. The van der Waals surface area contributed by atoms with Crippen LogP contribution in [0, 0.1) is 24.0 Å². The maximum Gasteiger partial charge on any atom is 0.302 e. The van der Waals surface area contributed by atoms with Crippen molar-refractivity contribution in [1.29, 1.82) is 0 Å². The van der Waals surface area contributed by atoms with E-state index in [1.54, 1.807) is 12.1 Å². The van der Waals surface area contributed by atoms with E-state index in [4.69, 9.17) is 4.74 Å². The van der Waals surface area contributed by atoms with Gasteiger partial charge >= 0.3 is 5.97 Å². The largest absolute Gasteiger partial charge is 0.462 e. The molecular formula is C19H19NO4. The topological polar surface area (TPSA) is 69.4 Å². The minimum atomic E-state index is -0.348. The zero-order valence-electron chi connectivity index (χ0n) is 14.0. The standard InChI is InChI=1S/C19H19NO4/c1-11-8-17(15-6-4-5-7-19(15)20(22)23)12(2)18-10-14(9-16(11)18)24-13(3)21/h4-8,14H,9-10H2,1-3H3. The number of aryl methyl sites for hydroxylation is 1. The van der Waals surface area contributed by atoms with Crippen molar-refractivity contribution in [3.63, 3.8) is 0 Å². The zero-order valence-corrected chi connectivity index (χ0v) is 14.0. The first-order chi connectivity index (χ1) is 11.4. The van der Waals surface area contributed by atoms with E-state index in [9.17, 15) is 14.9 Å². The maximum atomic E-state index is 11.3. The molecule has 1 aliphatic rings. The summed E-state index contributed by atoms with van der Waals surface area (Å²) < 4.78 is 5.36. The smallest absolute Gasteiger partial charge is 0.302 e. The van der Waals surface area contributed by atoms with Crippen LogP contribution in [0.1, 0.15) is 29.2 Å². The zero-order chi connectivity index (χ0) is 17.4. The fraction of sp³-hybridized carbons (Fsp3) is 0.316. The van der Waals surface area contributed by atoms with Crippen molar-refractivity contribution in [2.24, 2.45) is 0 Å². The number of para-hydroxylation sites is 1. The molecule has 0 N–H and O–H groups in total. The van der Waals surface area contributed by atoms with E-state index < -0.39 is 0 Å². The molecule has 1 atom stereocenters. The third-order valence-corrected chi connectivity index (χ3v) is 4.64. The molecule has 0 fully saturated rings. The molecule has 1 aliphatic carbocycles. The van der Waals surface area contributed by atoms with E-state index in [2.05, 4.69) is 0 Å². The Labute approximate surface area is 140 Å². The van der Waals surface area contributed by atoms with E-state index in [1.165, 1.54) is 18.6 Å². The molecule has 0 saturated heterocycles. The second-order valence-corrected chi connectivity index (χ2v) is 6.24. The number of hydrogen-bond acceptors (Lipinski definition) is 4. The highest BCUT2D eigenvalue weighted by atomic mass is 16.6. The fourth-order valence-corrected chi connectivity index (χ4v) is 3.59. The second-order valence-electron chi connectivity index (χ2n) is 6.24. The van der Waals surface area contributed by atoms with Crippen molar-refractivity contribution in [2.75, 3.05) is 0 Å². The number of carbonyl (C=O) groups is 1. The van der Waals surface area contributed by atoms with Crippen LogP contribution in [0.4, 0.5) is 5.69 Å². The summed E-state index contributed by atoms with van der Waals surface area (Å²) in [4.78, 5) is 22.2. The summed E-state index contributed by atoms with van der Waals surface area (Å²) in [5.41, 5.74) is 6.06. The van der Waals surface area contributed by atoms with Crippen molar-refractivity contribution in [1.82, 2.24) is 0 Å². The molecule has 2 aromatic carbocycles. The van der Waals surface area contributed by atoms with Gasteiger partial charge in [-0.25, -0.2) is 0 Å². The average molecular weight is 325 g/mol. The van der Waals surface area contributed by atoms with E-state index in [1.807, 2.05) is 26.0 Å². The number of nitro benzene ring substituents is 1. The number of hydrogen-bond donors (Lipinski definition) is 0. The van der Waals surface area contributed by atoms with Crippen LogP contribution < -0.4 is 0 Å². The van der Waals surface area contributed by atoms with E-state index >= 15 is 0 Å². The highest BCUT2D eigenvalue weighted by molar-refractivity contribution is 5.78. The molecule has 0 bridgehead atoms. The predicted molar refractivity (Wildman–Crippen MR) is 91.0 cm³/mol. The highest BCUT2D eigenvalue weighted by Crippen LogP contribution is 2.39. The first-order valence-electron chi connectivity index (χ1n) is 7.91. The van der Waals surface area contributed by atoms with Gasteiger partial charge < -0.3 is 4.74 Å². The lowest BCUT2D eigenvalue weighted by molar-refractivity contribution is -0.384. The highest BCUT2D eigenvalue weighted by Gasteiger charge is 2.29. The molecule has 24 heavy (non-hydrogen) atoms. The summed E-state index contributed by atoms with van der Waals surface area (Å²) in [6.07, 6.45) is 1.23. The third-order valence-electron chi connectivity index (χ3n) is 4.64. The number of nitrogens with zero attached hydrogens (tertiary/aromatic N) is 1. The summed E-state index contributed by atoms with van der Waals surface area (Å²) >= 11 is 0. The Hall–Kier alpha value is -2.69. The molecule has 0 spiro atoms. The number of carbonyl (C=O) groups excluding carboxylic acids is 1. The lowest BCUT2D eigenvalue weighted by atomic mass is 9.90. The van der Waals surface area contributed by atoms with Crippen LogP contribution in [-0.4, -0.2) is 17.0 Å². The molecule has 3 rings (SSSR count). The lowest BCUT2D eigenvalue weighted by Gasteiger charge is -2.14. The van der Waals surface area contributed by atoms with Crippen LogP contribution in [0.15, 0.2) is 30.3 Å². The minimum absolute atomic E-state index is 0.106. The molecule has 0 radical (unpaired) electrons. The van der Waals surface area contributed by atoms with Gasteiger partial charge in [0.1, 0.15) is 6.10 Å². The lowest BCUT2D eigenvalue weighted by Crippen LogP contribution is -2.16. The number of fused-ring (bicyclic) bond motifs is 1. The average Bonchev–Trinajstić information content (AvgIpc) is 2.94. The molecule has 0 aliphatic heterocycles. The second kappa shape index (κ2) is 6.07. The first kappa shape index (κ1) is 16.2.